The molecule has 2 rings (SSSR count). The number of piperazine rings is 1. The molecule has 23 heavy (non-hydrogen) atoms. The van der Waals surface area contributed by atoms with E-state index in [4.69, 9.17) is 10.5 Å². The fraction of sp³-hybridized carbons (Fsp3) is 0.533. The highest BCUT2D eigenvalue weighted by molar-refractivity contribution is 5.94. The van der Waals surface area contributed by atoms with Crippen molar-refractivity contribution in [3.8, 4) is 11.5 Å². The average Bonchev–Trinajstić information content (AvgIpc) is 2.45. The molecule has 1 heterocycles. The van der Waals surface area contributed by atoms with Gasteiger partial charge in [-0.2, -0.15) is 0 Å². The van der Waals surface area contributed by atoms with Gasteiger partial charge in [0.15, 0.2) is 6.54 Å². The standard InChI is InChI=1S/C15H24N4O3.ClH/c1-18-4-6-19(2,7-5-18)10-15(21)17-12-9-14(22-3)11(16)8-13(12)20;/h8-9H,4-7,10,16H2,1-3H3,(H-,17,20,21);1H. The minimum Gasteiger partial charge on any atom is -1.00 e. The Labute approximate surface area is 143 Å². The molecule has 0 unspecified atom stereocenters. The maximum absolute atomic E-state index is 12.3. The Balaban J connectivity index is 0.00000264. The average molecular weight is 345 g/mol. The van der Waals surface area contributed by atoms with E-state index >= 15 is 0 Å². The van der Waals surface area contributed by atoms with Gasteiger partial charge in [-0.15, -0.1) is 0 Å². The number of nitrogens with two attached hydrogens (primary N) is 1. The summed E-state index contributed by atoms with van der Waals surface area (Å²) in [6, 6.07) is 2.91. The van der Waals surface area contributed by atoms with Gasteiger partial charge in [-0.25, -0.2) is 0 Å². The first-order valence-corrected chi connectivity index (χ1v) is 7.31. The molecule has 1 aliphatic rings. The second kappa shape index (κ2) is 7.72. The molecule has 8 heteroatoms. The lowest BCUT2D eigenvalue weighted by Crippen LogP contribution is -3.00. The summed E-state index contributed by atoms with van der Waals surface area (Å²) in [6.07, 6.45) is 0. The number of quaternary nitrogens is 1. The molecule has 130 valence electrons. The zero-order valence-corrected chi connectivity index (χ0v) is 14.6. The van der Waals surface area contributed by atoms with Gasteiger partial charge in [0.25, 0.3) is 5.91 Å². The molecule has 0 saturated carbocycles. The van der Waals surface area contributed by atoms with E-state index in [0.717, 1.165) is 26.2 Å². The number of benzene rings is 1. The van der Waals surface area contributed by atoms with Gasteiger partial charge in [0.2, 0.25) is 0 Å². The quantitative estimate of drug-likeness (QED) is 0.315. The van der Waals surface area contributed by atoms with Crippen LogP contribution in [0.25, 0.3) is 0 Å². The van der Waals surface area contributed by atoms with Crippen LogP contribution < -0.4 is 28.2 Å². The maximum Gasteiger partial charge on any atom is 0.279 e. The highest BCUT2D eigenvalue weighted by Crippen LogP contribution is 2.33. The lowest BCUT2D eigenvalue weighted by Gasteiger charge is -2.40. The number of nitrogens with one attached hydrogen (secondary N) is 1. The second-order valence-corrected chi connectivity index (χ2v) is 6.19. The number of hydrogen-bond acceptors (Lipinski definition) is 5. The number of aromatic hydroxyl groups is 1. The van der Waals surface area contributed by atoms with Crippen LogP contribution in [0.3, 0.4) is 0 Å². The third-order valence-electron chi connectivity index (χ3n) is 4.19. The number of nitrogen functional groups attached to an aromatic ring is 1. The number of phenolic OH excluding ortho intramolecular Hbond substituents is 1. The lowest BCUT2D eigenvalue weighted by atomic mass is 10.2. The van der Waals surface area contributed by atoms with Crippen LogP contribution in [0.15, 0.2) is 12.1 Å². The van der Waals surface area contributed by atoms with E-state index in [0.29, 0.717) is 28.2 Å². The number of methoxy groups -OCH3 is 1. The summed E-state index contributed by atoms with van der Waals surface area (Å²) in [7, 11) is 5.66. The summed E-state index contributed by atoms with van der Waals surface area (Å²) in [5.41, 5.74) is 6.36. The smallest absolute Gasteiger partial charge is 0.279 e. The van der Waals surface area contributed by atoms with Crippen molar-refractivity contribution in [2.45, 2.75) is 0 Å². The fourth-order valence-electron chi connectivity index (χ4n) is 2.60. The molecular formula is C15H25ClN4O3. The van der Waals surface area contributed by atoms with E-state index in [-0.39, 0.29) is 24.1 Å². The second-order valence-electron chi connectivity index (χ2n) is 6.19. The SMILES string of the molecule is COc1cc(NC(=O)C[N+]2(C)CCN(C)CC2)c(O)cc1N.[Cl-]. The predicted molar refractivity (Wildman–Crippen MR) is 86.0 cm³/mol. The number of rotatable bonds is 4. The Bertz CT molecular complexity index is 560. The van der Waals surface area contributed by atoms with Gasteiger partial charge in [-0.05, 0) is 7.05 Å². The van der Waals surface area contributed by atoms with E-state index in [2.05, 4.69) is 24.3 Å². The third-order valence-corrected chi connectivity index (χ3v) is 4.19. The molecule has 0 spiro atoms. The zero-order chi connectivity index (χ0) is 16.3. The molecule has 1 saturated heterocycles. The molecule has 1 aliphatic heterocycles. The molecule has 1 aromatic carbocycles. The zero-order valence-electron chi connectivity index (χ0n) is 13.8. The molecule has 1 amide bonds. The van der Waals surface area contributed by atoms with Crippen molar-refractivity contribution in [3.05, 3.63) is 12.1 Å². The Hall–Kier alpha value is -1.70. The van der Waals surface area contributed by atoms with Gasteiger partial charge in [0, 0.05) is 25.2 Å². The van der Waals surface area contributed by atoms with Crippen LogP contribution in [0.1, 0.15) is 0 Å². The summed E-state index contributed by atoms with van der Waals surface area (Å²) < 4.78 is 5.80. The Morgan fingerprint density at radius 2 is 2.04 bits per heavy atom. The minimum atomic E-state index is -0.130. The third kappa shape index (κ3) is 4.89. The van der Waals surface area contributed by atoms with Crippen LogP contribution >= 0.6 is 0 Å². The summed E-state index contributed by atoms with van der Waals surface area (Å²) in [4.78, 5) is 14.5. The molecule has 0 atom stereocenters. The van der Waals surface area contributed by atoms with Crippen LogP contribution in [0, 0.1) is 0 Å². The summed E-state index contributed by atoms with van der Waals surface area (Å²) in [5, 5.41) is 12.6. The Kier molecular flexibility index (Phi) is 6.49. The number of likely N-dealkylation sites (N-methyl/N-ethyl adjacent to an activating group) is 2. The van der Waals surface area contributed by atoms with Crippen LogP contribution in [0.4, 0.5) is 11.4 Å². The van der Waals surface area contributed by atoms with Crippen molar-refractivity contribution in [3.63, 3.8) is 0 Å². The van der Waals surface area contributed by atoms with Crippen molar-refractivity contribution in [2.75, 3.05) is 65.0 Å². The van der Waals surface area contributed by atoms with Gasteiger partial charge in [0.05, 0.1) is 38.6 Å². The number of anilines is 2. The first-order chi connectivity index (χ1) is 10.3. The predicted octanol–water partition coefficient (Wildman–Crippen LogP) is -2.68. The molecular weight excluding hydrogens is 320 g/mol. The molecule has 0 aromatic heterocycles. The fourth-order valence-corrected chi connectivity index (χ4v) is 2.60. The van der Waals surface area contributed by atoms with E-state index in [1.54, 1.807) is 0 Å². The minimum absolute atomic E-state index is 0. The van der Waals surface area contributed by atoms with Gasteiger partial charge < -0.3 is 37.8 Å². The molecule has 7 nitrogen and oxygen atoms in total. The van der Waals surface area contributed by atoms with Crippen molar-refractivity contribution in [1.29, 1.82) is 0 Å². The first-order valence-electron chi connectivity index (χ1n) is 7.31. The van der Waals surface area contributed by atoms with E-state index in [9.17, 15) is 9.90 Å². The number of phenols is 1. The summed E-state index contributed by atoms with van der Waals surface area (Å²) >= 11 is 0. The van der Waals surface area contributed by atoms with Gasteiger partial charge >= 0.3 is 0 Å². The number of hydrogen-bond donors (Lipinski definition) is 3. The number of amides is 1. The molecule has 0 bridgehead atoms. The van der Waals surface area contributed by atoms with Crippen LogP contribution in [-0.2, 0) is 4.79 Å². The Morgan fingerprint density at radius 1 is 1.43 bits per heavy atom. The monoisotopic (exact) mass is 344 g/mol. The first kappa shape index (κ1) is 19.3. The largest absolute Gasteiger partial charge is 1.00 e. The van der Waals surface area contributed by atoms with E-state index < -0.39 is 0 Å². The molecule has 4 N–H and O–H groups in total. The summed E-state index contributed by atoms with van der Waals surface area (Å²) in [5.74, 6) is 0.231. The number of ether oxygens (including phenoxy) is 1. The van der Waals surface area contributed by atoms with Gasteiger partial charge in [0.1, 0.15) is 11.5 Å². The van der Waals surface area contributed by atoms with E-state index in [1.165, 1.54) is 19.2 Å². The highest BCUT2D eigenvalue weighted by Gasteiger charge is 2.30. The van der Waals surface area contributed by atoms with Crippen molar-refractivity contribution in [1.82, 2.24) is 4.90 Å². The van der Waals surface area contributed by atoms with E-state index in [1.807, 2.05) is 0 Å². The maximum atomic E-state index is 12.3. The topological polar surface area (TPSA) is 87.8 Å². The molecule has 1 aromatic rings. The molecule has 0 aliphatic carbocycles. The Morgan fingerprint density at radius 3 is 2.61 bits per heavy atom. The van der Waals surface area contributed by atoms with Crippen molar-refractivity contribution < 1.29 is 31.5 Å². The number of carbonyl (C=O) groups is 1. The van der Waals surface area contributed by atoms with Crippen molar-refractivity contribution >= 4 is 17.3 Å². The number of carbonyl (C=O) groups excluding carboxylic acids is 1. The van der Waals surface area contributed by atoms with Crippen molar-refractivity contribution in [2.24, 2.45) is 0 Å². The molecule has 0 radical (unpaired) electrons. The van der Waals surface area contributed by atoms with Crippen LogP contribution in [0.5, 0.6) is 11.5 Å². The highest BCUT2D eigenvalue weighted by atomic mass is 35.5. The lowest BCUT2D eigenvalue weighted by molar-refractivity contribution is -0.905. The number of halogens is 1. The molecule has 1 fully saturated rings. The normalized spacial score (nSPS) is 17.2. The van der Waals surface area contributed by atoms with Gasteiger partial charge in [-0.1, -0.05) is 0 Å². The van der Waals surface area contributed by atoms with Gasteiger partial charge in [-0.3, -0.25) is 9.69 Å². The van der Waals surface area contributed by atoms with Crippen LogP contribution in [-0.4, -0.2) is 74.3 Å². The summed E-state index contributed by atoms with van der Waals surface area (Å²) in [6.45, 7) is 4.19. The van der Waals surface area contributed by atoms with Crippen LogP contribution in [0.2, 0.25) is 0 Å². The number of nitrogens with zero attached hydrogens (tertiary/aromatic N) is 2.